The first-order chi connectivity index (χ1) is 13.4. The van der Waals surface area contributed by atoms with Crippen molar-refractivity contribution in [2.24, 2.45) is 0 Å². The largest absolute Gasteiger partial charge is 0.572 e. The zero-order valence-electron chi connectivity index (χ0n) is 15.0. The molecule has 1 heterocycles. The van der Waals surface area contributed by atoms with Crippen LogP contribution in [0.4, 0.5) is 5.69 Å². The van der Waals surface area contributed by atoms with Crippen LogP contribution >= 0.6 is 11.6 Å². The molecule has 1 amide bonds. The summed E-state index contributed by atoms with van der Waals surface area (Å²) in [7, 11) is -4.08. The van der Waals surface area contributed by atoms with Crippen molar-refractivity contribution in [1.82, 2.24) is 5.32 Å². The quantitative estimate of drug-likeness (QED) is 0.663. The Morgan fingerprint density at radius 1 is 1.11 bits per heavy atom. The van der Waals surface area contributed by atoms with E-state index in [4.69, 9.17) is 11.6 Å². The third-order valence-electron chi connectivity index (χ3n) is 4.05. The number of H-pyrrole nitrogens is 1. The third-order valence-corrected chi connectivity index (χ3v) is 5.82. The Morgan fingerprint density at radius 3 is 2.54 bits per heavy atom. The van der Waals surface area contributed by atoms with Crippen LogP contribution in [0.25, 0.3) is 4.72 Å². The van der Waals surface area contributed by atoms with Gasteiger partial charge in [0.25, 0.3) is 5.91 Å². The van der Waals surface area contributed by atoms with Crippen LogP contribution in [0, 0.1) is 6.92 Å². The van der Waals surface area contributed by atoms with Crippen LogP contribution in [0.3, 0.4) is 0 Å². The number of nitrogens with zero attached hydrogens (tertiary/aromatic N) is 1. The zero-order valence-corrected chi connectivity index (χ0v) is 16.6. The Balaban J connectivity index is 1.82. The van der Waals surface area contributed by atoms with Gasteiger partial charge in [-0.05, 0) is 30.7 Å². The monoisotopic (exact) mass is 415 g/mol. The Kier molecular flexibility index (Phi) is 5.96. The van der Waals surface area contributed by atoms with E-state index in [9.17, 15) is 13.2 Å². The standard InChI is InChI=1S/C20H17ClN3O3S/c1-14-4-2-3-5-18(14)24-28(26,27)19-12-16(6-7-17(19)21)20(25)23-13-15-8-10-22-11-9-15/h2-12H,13H2,1H3,(H,23,25)/q-1/p+1. The highest BCUT2D eigenvalue weighted by Gasteiger charge is 2.15. The van der Waals surface area contributed by atoms with Crippen LogP contribution in [0.2, 0.25) is 5.02 Å². The van der Waals surface area contributed by atoms with E-state index in [0.717, 1.165) is 11.1 Å². The number of sulfonamides is 1. The molecule has 3 aromatic rings. The van der Waals surface area contributed by atoms with Gasteiger partial charge in [0, 0.05) is 24.2 Å². The summed E-state index contributed by atoms with van der Waals surface area (Å²) in [6.07, 6.45) is 3.50. The van der Waals surface area contributed by atoms with Gasteiger partial charge in [-0.25, -0.2) is 13.4 Å². The number of benzene rings is 2. The molecule has 0 spiro atoms. The maximum absolute atomic E-state index is 12.7. The van der Waals surface area contributed by atoms with Crippen molar-refractivity contribution in [2.75, 3.05) is 0 Å². The lowest BCUT2D eigenvalue weighted by Crippen LogP contribution is -2.23. The molecule has 0 aliphatic rings. The molecule has 0 radical (unpaired) electrons. The molecule has 1 aromatic heterocycles. The highest BCUT2D eigenvalue weighted by molar-refractivity contribution is 7.94. The van der Waals surface area contributed by atoms with Gasteiger partial charge in [0.15, 0.2) is 12.4 Å². The number of rotatable bonds is 6. The Bertz CT molecular complexity index is 1100. The molecule has 0 aliphatic heterocycles. The number of aromatic nitrogens is 1. The molecule has 2 N–H and O–H groups in total. The maximum atomic E-state index is 12.7. The van der Waals surface area contributed by atoms with E-state index in [-0.39, 0.29) is 15.5 Å². The molecular formula is C20H18ClN3O3S. The minimum absolute atomic E-state index is 0.00693. The summed E-state index contributed by atoms with van der Waals surface area (Å²) in [6.45, 7) is 2.08. The van der Waals surface area contributed by atoms with Crippen LogP contribution < -0.4 is 10.3 Å². The number of carbonyl (C=O) groups excluding carboxylic acids is 1. The normalized spacial score (nSPS) is 11.1. The van der Waals surface area contributed by atoms with Crippen molar-refractivity contribution in [3.05, 3.63) is 93.4 Å². The number of pyridine rings is 1. The number of halogens is 1. The maximum Gasteiger partial charge on any atom is 0.251 e. The van der Waals surface area contributed by atoms with Crippen molar-refractivity contribution in [1.29, 1.82) is 0 Å². The number of aryl methyl sites for hydroxylation is 1. The van der Waals surface area contributed by atoms with Crippen molar-refractivity contribution in [3.63, 3.8) is 0 Å². The summed E-state index contributed by atoms with van der Waals surface area (Å²) < 4.78 is 29.4. The second kappa shape index (κ2) is 8.41. The number of amides is 1. The van der Waals surface area contributed by atoms with Crippen LogP contribution in [-0.2, 0) is 16.6 Å². The lowest BCUT2D eigenvalue weighted by atomic mass is 10.2. The van der Waals surface area contributed by atoms with Gasteiger partial charge in [0.2, 0.25) is 0 Å². The summed E-state index contributed by atoms with van der Waals surface area (Å²) in [4.78, 5) is 15.1. The van der Waals surface area contributed by atoms with Gasteiger partial charge < -0.3 is 10.0 Å². The van der Waals surface area contributed by atoms with Crippen LogP contribution in [0.15, 0.2) is 71.9 Å². The predicted molar refractivity (Wildman–Crippen MR) is 107 cm³/mol. The van der Waals surface area contributed by atoms with Gasteiger partial charge in [-0.2, -0.15) is 0 Å². The molecule has 0 bridgehead atoms. The average molecular weight is 416 g/mol. The van der Waals surface area contributed by atoms with E-state index < -0.39 is 15.9 Å². The molecule has 0 saturated heterocycles. The second-order valence-electron chi connectivity index (χ2n) is 6.09. The first kappa shape index (κ1) is 19.9. The number of hydrogen-bond donors (Lipinski definition) is 1. The fourth-order valence-electron chi connectivity index (χ4n) is 2.51. The SMILES string of the molecule is Cc1ccccc1[N-]S(=O)(=O)c1cc(C(=O)NCc2cc[nH+]cc2)ccc1Cl. The fraction of sp³-hybridized carbons (Fsp3) is 0.100. The van der Waals surface area contributed by atoms with E-state index in [1.54, 1.807) is 43.6 Å². The smallest absolute Gasteiger partial charge is 0.251 e. The summed E-state index contributed by atoms with van der Waals surface area (Å²) in [6, 6.07) is 14.6. The molecule has 8 heteroatoms. The first-order valence-corrected chi connectivity index (χ1v) is 10.2. The minimum atomic E-state index is -4.08. The molecule has 0 atom stereocenters. The van der Waals surface area contributed by atoms with Gasteiger partial charge in [0.1, 0.15) is 10.0 Å². The van der Waals surface area contributed by atoms with Crippen LogP contribution in [0.5, 0.6) is 0 Å². The molecule has 0 unspecified atom stereocenters. The van der Waals surface area contributed by atoms with Gasteiger partial charge in [-0.15, -0.1) is 5.69 Å². The van der Waals surface area contributed by atoms with Crippen LogP contribution in [0.1, 0.15) is 21.5 Å². The Hall–Kier alpha value is -2.90. The van der Waals surface area contributed by atoms with E-state index in [0.29, 0.717) is 12.2 Å². The van der Waals surface area contributed by atoms with E-state index in [1.165, 1.54) is 18.2 Å². The highest BCUT2D eigenvalue weighted by atomic mass is 35.5. The molecule has 0 fully saturated rings. The molecule has 28 heavy (non-hydrogen) atoms. The fourth-order valence-corrected chi connectivity index (χ4v) is 4.07. The predicted octanol–water partition coefficient (Wildman–Crippen LogP) is 3.79. The Labute approximate surface area is 168 Å². The third kappa shape index (κ3) is 4.68. The minimum Gasteiger partial charge on any atom is -0.572 e. The Morgan fingerprint density at radius 2 is 1.82 bits per heavy atom. The highest BCUT2D eigenvalue weighted by Crippen LogP contribution is 2.33. The number of nitrogens with one attached hydrogen (secondary N) is 2. The number of aromatic amines is 1. The lowest BCUT2D eigenvalue weighted by molar-refractivity contribution is -0.378. The average Bonchev–Trinajstić information content (AvgIpc) is 2.69. The molecular weight excluding hydrogens is 398 g/mol. The molecule has 3 rings (SSSR count). The van der Waals surface area contributed by atoms with Crippen LogP contribution in [-0.4, -0.2) is 14.3 Å². The van der Waals surface area contributed by atoms with Gasteiger partial charge in [0.05, 0.1) is 9.92 Å². The molecule has 0 saturated carbocycles. The molecule has 2 aromatic carbocycles. The summed E-state index contributed by atoms with van der Waals surface area (Å²) in [5.74, 6) is -0.406. The zero-order chi connectivity index (χ0) is 20.1. The van der Waals surface area contributed by atoms with Gasteiger partial charge in [-0.1, -0.05) is 41.4 Å². The lowest BCUT2D eigenvalue weighted by Gasteiger charge is -2.24. The molecule has 6 nitrogen and oxygen atoms in total. The summed E-state index contributed by atoms with van der Waals surface area (Å²) in [5.41, 5.74) is 2.14. The van der Waals surface area contributed by atoms with Crippen molar-refractivity contribution >= 4 is 33.2 Å². The molecule has 144 valence electrons. The van der Waals surface area contributed by atoms with E-state index in [1.807, 2.05) is 12.1 Å². The van der Waals surface area contributed by atoms with Gasteiger partial charge >= 0.3 is 0 Å². The van der Waals surface area contributed by atoms with Crippen molar-refractivity contribution < 1.29 is 18.2 Å². The summed E-state index contributed by atoms with van der Waals surface area (Å²) >= 11 is 6.09. The topological polar surface area (TPSA) is 91.5 Å². The number of hydrogen-bond acceptors (Lipinski definition) is 3. The van der Waals surface area contributed by atoms with E-state index >= 15 is 0 Å². The van der Waals surface area contributed by atoms with Crippen molar-refractivity contribution in [3.8, 4) is 0 Å². The number of carbonyl (C=O) groups is 1. The molecule has 0 aliphatic carbocycles. The van der Waals surface area contributed by atoms with Gasteiger partial charge in [-0.3, -0.25) is 4.79 Å². The first-order valence-electron chi connectivity index (χ1n) is 8.43. The second-order valence-corrected chi connectivity index (χ2v) is 8.07. The summed E-state index contributed by atoms with van der Waals surface area (Å²) in [5, 5.41) is 2.76. The van der Waals surface area contributed by atoms with E-state index in [2.05, 4.69) is 15.0 Å². The van der Waals surface area contributed by atoms with Crippen molar-refractivity contribution in [2.45, 2.75) is 18.4 Å².